The number of carbonyl (C=O) groups is 2. The number of nitrogens with zero attached hydrogens (tertiary/aromatic N) is 1. The van der Waals surface area contributed by atoms with Crippen molar-refractivity contribution in [2.75, 3.05) is 5.32 Å². The van der Waals surface area contributed by atoms with E-state index in [2.05, 4.69) is 20.8 Å². The van der Waals surface area contributed by atoms with Crippen LogP contribution in [0.5, 0.6) is 5.75 Å². The van der Waals surface area contributed by atoms with Crippen LogP contribution in [0.4, 0.5) is 5.82 Å². The normalized spacial score (nSPS) is 10.7. The number of nitrogens with one attached hydrogen (secondary N) is 3. The molecule has 7 nitrogen and oxygen atoms in total. The van der Waals surface area contributed by atoms with Gasteiger partial charge in [-0.25, -0.2) is 0 Å². The van der Waals surface area contributed by atoms with Crippen molar-refractivity contribution in [1.29, 1.82) is 0 Å². The van der Waals surface area contributed by atoms with E-state index in [0.717, 1.165) is 4.88 Å². The molecule has 2 aromatic heterocycles. The van der Waals surface area contributed by atoms with Crippen LogP contribution in [0.25, 0.3) is 10.9 Å². The Bertz CT molecular complexity index is 1130. The monoisotopic (exact) mass is 392 g/mol. The van der Waals surface area contributed by atoms with E-state index in [0.29, 0.717) is 34.4 Å². The van der Waals surface area contributed by atoms with Gasteiger partial charge in [-0.3, -0.25) is 14.7 Å². The Kier molecular flexibility index (Phi) is 4.77. The van der Waals surface area contributed by atoms with Crippen molar-refractivity contribution in [2.45, 2.75) is 6.54 Å². The van der Waals surface area contributed by atoms with Gasteiger partial charge in [-0.1, -0.05) is 6.07 Å². The maximum atomic E-state index is 12.4. The number of phenols is 1. The van der Waals surface area contributed by atoms with E-state index in [1.165, 1.54) is 24.3 Å². The average Bonchev–Trinajstić information content (AvgIpc) is 3.36. The van der Waals surface area contributed by atoms with E-state index in [9.17, 15) is 14.7 Å². The van der Waals surface area contributed by atoms with Gasteiger partial charge in [0, 0.05) is 21.4 Å². The molecule has 0 fully saturated rings. The third-order valence-electron chi connectivity index (χ3n) is 4.19. The molecule has 0 unspecified atom stereocenters. The van der Waals surface area contributed by atoms with Gasteiger partial charge in [0.25, 0.3) is 11.8 Å². The molecule has 28 heavy (non-hydrogen) atoms. The molecule has 4 N–H and O–H groups in total. The average molecular weight is 392 g/mol. The number of aromatic nitrogens is 2. The topological polar surface area (TPSA) is 107 Å². The summed E-state index contributed by atoms with van der Waals surface area (Å²) in [5.74, 6) is -0.144. The minimum Gasteiger partial charge on any atom is -0.508 e. The maximum absolute atomic E-state index is 12.4. The number of rotatable bonds is 5. The Labute approximate surface area is 164 Å². The van der Waals surface area contributed by atoms with Crippen molar-refractivity contribution in [3.8, 4) is 5.75 Å². The fourth-order valence-electron chi connectivity index (χ4n) is 2.73. The minimum atomic E-state index is -0.360. The van der Waals surface area contributed by atoms with Crippen molar-refractivity contribution in [3.05, 3.63) is 76.0 Å². The van der Waals surface area contributed by atoms with Crippen molar-refractivity contribution in [3.63, 3.8) is 0 Å². The first-order valence-electron chi connectivity index (χ1n) is 8.49. The lowest BCUT2D eigenvalue weighted by Gasteiger charge is -2.05. The molecule has 0 saturated carbocycles. The summed E-state index contributed by atoms with van der Waals surface area (Å²) in [7, 11) is 0. The molecule has 8 heteroatoms. The van der Waals surface area contributed by atoms with Gasteiger partial charge in [0.1, 0.15) is 5.75 Å². The van der Waals surface area contributed by atoms with Gasteiger partial charge in [-0.15, -0.1) is 11.3 Å². The Morgan fingerprint density at radius 3 is 2.57 bits per heavy atom. The first kappa shape index (κ1) is 17.7. The molecular weight excluding hydrogens is 376 g/mol. The summed E-state index contributed by atoms with van der Waals surface area (Å²) in [5.41, 5.74) is 1.57. The van der Waals surface area contributed by atoms with E-state index in [1.807, 2.05) is 17.5 Å². The maximum Gasteiger partial charge on any atom is 0.256 e. The quantitative estimate of drug-likeness (QED) is 0.417. The predicted octanol–water partition coefficient (Wildman–Crippen LogP) is 3.51. The predicted molar refractivity (Wildman–Crippen MR) is 108 cm³/mol. The van der Waals surface area contributed by atoms with Crippen LogP contribution in [0, 0.1) is 0 Å². The van der Waals surface area contributed by atoms with Crippen molar-refractivity contribution >= 4 is 39.9 Å². The molecule has 0 radical (unpaired) electrons. The fraction of sp³-hybridized carbons (Fsp3) is 0.0500. The zero-order valence-electron chi connectivity index (χ0n) is 14.6. The van der Waals surface area contributed by atoms with Gasteiger partial charge in [0.15, 0.2) is 5.82 Å². The highest BCUT2D eigenvalue weighted by Gasteiger charge is 2.14. The van der Waals surface area contributed by atoms with Crippen LogP contribution in [-0.2, 0) is 6.54 Å². The molecule has 0 spiro atoms. The second-order valence-electron chi connectivity index (χ2n) is 6.10. The number of anilines is 1. The fourth-order valence-corrected chi connectivity index (χ4v) is 3.37. The molecule has 0 atom stereocenters. The zero-order valence-corrected chi connectivity index (χ0v) is 15.4. The molecule has 0 bridgehead atoms. The smallest absolute Gasteiger partial charge is 0.256 e. The molecule has 2 amide bonds. The second-order valence-corrected chi connectivity index (χ2v) is 7.13. The Balaban J connectivity index is 1.53. The van der Waals surface area contributed by atoms with E-state index in [-0.39, 0.29) is 17.6 Å². The summed E-state index contributed by atoms with van der Waals surface area (Å²) in [6, 6.07) is 14.9. The van der Waals surface area contributed by atoms with Crippen molar-refractivity contribution < 1.29 is 14.7 Å². The van der Waals surface area contributed by atoms with Crippen LogP contribution < -0.4 is 10.6 Å². The summed E-state index contributed by atoms with van der Waals surface area (Å²) in [5, 5.41) is 24.5. The standard InChI is InChI=1S/C20H16N4O3S/c25-14-6-3-12(4-7-14)20(27)22-18-16-10-13(5-8-17(16)23-24-18)19(26)21-11-15-2-1-9-28-15/h1-10,25H,11H2,(H,21,26)(H2,22,23,24,27). The lowest BCUT2D eigenvalue weighted by atomic mass is 10.1. The minimum absolute atomic E-state index is 0.0833. The molecule has 140 valence electrons. The van der Waals surface area contributed by atoms with Crippen molar-refractivity contribution in [1.82, 2.24) is 15.5 Å². The molecule has 0 aliphatic carbocycles. The second kappa shape index (κ2) is 7.53. The van der Waals surface area contributed by atoms with E-state index in [1.54, 1.807) is 29.5 Å². The van der Waals surface area contributed by atoms with E-state index < -0.39 is 0 Å². The summed E-state index contributed by atoms with van der Waals surface area (Å²) in [4.78, 5) is 25.9. The van der Waals surface area contributed by atoms with Crippen LogP contribution in [0.15, 0.2) is 60.0 Å². The molecular formula is C20H16N4O3S. The van der Waals surface area contributed by atoms with Gasteiger partial charge < -0.3 is 15.7 Å². The molecule has 0 aliphatic rings. The van der Waals surface area contributed by atoms with E-state index in [4.69, 9.17) is 0 Å². The van der Waals surface area contributed by atoms with Gasteiger partial charge >= 0.3 is 0 Å². The van der Waals surface area contributed by atoms with Gasteiger partial charge in [-0.05, 0) is 53.9 Å². The largest absolute Gasteiger partial charge is 0.508 e. The molecule has 2 heterocycles. The summed E-state index contributed by atoms with van der Waals surface area (Å²) in [6.07, 6.45) is 0. The number of thiophene rings is 1. The highest BCUT2D eigenvalue weighted by atomic mass is 32.1. The van der Waals surface area contributed by atoms with Crippen LogP contribution in [0.1, 0.15) is 25.6 Å². The third kappa shape index (κ3) is 3.72. The number of H-pyrrole nitrogens is 1. The van der Waals surface area contributed by atoms with Gasteiger partial charge in [0.2, 0.25) is 0 Å². The third-order valence-corrected chi connectivity index (χ3v) is 5.07. The van der Waals surface area contributed by atoms with Crippen LogP contribution in [-0.4, -0.2) is 27.1 Å². The highest BCUT2D eigenvalue weighted by molar-refractivity contribution is 7.09. The first-order chi connectivity index (χ1) is 13.6. The van der Waals surface area contributed by atoms with Crippen molar-refractivity contribution in [2.24, 2.45) is 0 Å². The molecule has 0 saturated heterocycles. The number of fused-ring (bicyclic) bond motifs is 1. The number of aromatic hydroxyl groups is 1. The molecule has 4 aromatic rings. The molecule has 2 aromatic carbocycles. The summed E-state index contributed by atoms with van der Waals surface area (Å²) in [6.45, 7) is 0.463. The lowest BCUT2D eigenvalue weighted by molar-refractivity contribution is 0.0950. The van der Waals surface area contributed by atoms with E-state index >= 15 is 0 Å². The summed E-state index contributed by atoms with van der Waals surface area (Å²) >= 11 is 1.58. The number of aromatic amines is 1. The Hall–Kier alpha value is -3.65. The zero-order chi connectivity index (χ0) is 19.5. The Morgan fingerprint density at radius 2 is 1.82 bits per heavy atom. The van der Waals surface area contributed by atoms with Gasteiger partial charge in [-0.2, -0.15) is 5.10 Å². The summed E-state index contributed by atoms with van der Waals surface area (Å²) < 4.78 is 0. The molecule has 0 aliphatic heterocycles. The molecule has 4 rings (SSSR count). The van der Waals surface area contributed by atoms with Gasteiger partial charge in [0.05, 0.1) is 12.1 Å². The number of carbonyl (C=O) groups excluding carboxylic acids is 2. The highest BCUT2D eigenvalue weighted by Crippen LogP contribution is 2.23. The number of hydrogen-bond donors (Lipinski definition) is 4. The number of amides is 2. The SMILES string of the molecule is O=C(NCc1cccs1)c1ccc2[nH]nc(NC(=O)c3ccc(O)cc3)c2c1. The Morgan fingerprint density at radius 1 is 1.04 bits per heavy atom. The lowest BCUT2D eigenvalue weighted by Crippen LogP contribution is -2.22. The first-order valence-corrected chi connectivity index (χ1v) is 9.37. The van der Waals surface area contributed by atoms with Crippen LogP contribution in [0.2, 0.25) is 0 Å². The number of hydrogen-bond acceptors (Lipinski definition) is 5. The number of phenolic OH excluding ortho intramolecular Hbond substituents is 1. The van der Waals surface area contributed by atoms with Crippen LogP contribution >= 0.6 is 11.3 Å². The number of benzene rings is 2. The van der Waals surface area contributed by atoms with Crippen LogP contribution in [0.3, 0.4) is 0 Å².